The van der Waals surface area contributed by atoms with E-state index in [1.807, 2.05) is 19.1 Å². The van der Waals surface area contributed by atoms with Gasteiger partial charge in [-0.05, 0) is 48.2 Å². The number of urea groups is 1. The van der Waals surface area contributed by atoms with Crippen LogP contribution in [0.1, 0.15) is 27.5 Å². The van der Waals surface area contributed by atoms with Gasteiger partial charge in [0.05, 0.1) is 29.3 Å². The molecule has 1 aliphatic rings. The summed E-state index contributed by atoms with van der Waals surface area (Å²) in [6.07, 6.45) is -3.43. The minimum absolute atomic E-state index is 0.0135. The number of hydrogen-bond acceptors (Lipinski definition) is 8. The van der Waals surface area contributed by atoms with E-state index >= 15 is 0 Å². The zero-order chi connectivity index (χ0) is 24.1. The molecule has 2 aromatic carbocycles. The first kappa shape index (κ1) is 25.1. The van der Waals surface area contributed by atoms with E-state index in [1.165, 1.54) is 7.05 Å². The summed E-state index contributed by atoms with van der Waals surface area (Å²) in [6, 6.07) is 10.5. The highest BCUT2D eigenvalue weighted by Crippen LogP contribution is 2.46. The number of hydrogen-bond donors (Lipinski definition) is 7. The Hall–Kier alpha value is -2.50. The van der Waals surface area contributed by atoms with Gasteiger partial charge in [-0.15, -0.1) is 11.8 Å². The molecule has 0 unspecified atom stereocenters. The number of nitrogens with one attached hydrogen (secondary N) is 2. The third-order valence-electron chi connectivity index (χ3n) is 5.70. The zero-order valence-corrected chi connectivity index (χ0v) is 19.2. The fourth-order valence-corrected chi connectivity index (χ4v) is 5.17. The van der Waals surface area contributed by atoms with Crippen LogP contribution in [0, 0.1) is 6.92 Å². The number of aromatic hydroxyl groups is 1. The molecule has 180 valence electrons. The molecule has 0 bridgehead atoms. The van der Waals surface area contributed by atoms with E-state index in [0.29, 0.717) is 17.7 Å². The molecule has 0 radical (unpaired) electrons. The SMILES string of the molecule is CNC(=O)NCOc1ccc(Cc2cc([C@@H]3S[C@H](CO)[C@@H](O)[C@H](O)[C@H]3O)c(O)cc2C)cc1. The number of ether oxygens (including phenoxy) is 1. The highest BCUT2D eigenvalue weighted by Gasteiger charge is 2.44. The summed E-state index contributed by atoms with van der Waals surface area (Å²) >= 11 is 1.13. The lowest BCUT2D eigenvalue weighted by Crippen LogP contribution is -2.51. The maximum Gasteiger partial charge on any atom is 0.317 e. The molecule has 2 aromatic rings. The fraction of sp³-hybridized carbons (Fsp3) is 0.435. The molecule has 10 heteroatoms. The van der Waals surface area contributed by atoms with Gasteiger partial charge in [0.25, 0.3) is 0 Å². The molecule has 1 fully saturated rings. The van der Waals surface area contributed by atoms with Crippen LogP contribution in [0.25, 0.3) is 0 Å². The third-order valence-corrected chi connectivity index (χ3v) is 7.30. The summed E-state index contributed by atoms with van der Waals surface area (Å²) in [7, 11) is 1.52. The Labute approximate surface area is 196 Å². The van der Waals surface area contributed by atoms with Crippen molar-refractivity contribution >= 4 is 17.8 Å². The first-order chi connectivity index (χ1) is 15.7. The highest BCUT2D eigenvalue weighted by molar-refractivity contribution is 8.00. The van der Waals surface area contributed by atoms with E-state index < -0.39 is 28.8 Å². The molecule has 9 nitrogen and oxygen atoms in total. The Balaban J connectivity index is 1.76. The highest BCUT2D eigenvalue weighted by atomic mass is 32.2. The lowest BCUT2D eigenvalue weighted by Gasteiger charge is -2.40. The average Bonchev–Trinajstić information content (AvgIpc) is 2.81. The molecule has 1 saturated heterocycles. The van der Waals surface area contributed by atoms with Gasteiger partial charge >= 0.3 is 6.03 Å². The van der Waals surface area contributed by atoms with E-state index in [1.54, 1.807) is 24.3 Å². The zero-order valence-electron chi connectivity index (χ0n) is 18.4. The Morgan fingerprint density at radius 2 is 1.79 bits per heavy atom. The number of aliphatic hydroxyl groups is 4. The van der Waals surface area contributed by atoms with E-state index in [0.717, 1.165) is 28.5 Å². The van der Waals surface area contributed by atoms with Crippen LogP contribution in [0.15, 0.2) is 36.4 Å². The Morgan fingerprint density at radius 1 is 1.09 bits per heavy atom. The smallest absolute Gasteiger partial charge is 0.317 e. The van der Waals surface area contributed by atoms with Crippen molar-refractivity contribution in [3.63, 3.8) is 0 Å². The van der Waals surface area contributed by atoms with Crippen LogP contribution in [0.5, 0.6) is 11.5 Å². The van der Waals surface area contributed by atoms with Gasteiger partial charge in [0.1, 0.15) is 17.6 Å². The average molecular weight is 479 g/mol. The first-order valence-corrected chi connectivity index (χ1v) is 11.5. The van der Waals surface area contributed by atoms with E-state index in [2.05, 4.69) is 10.6 Å². The summed E-state index contributed by atoms with van der Waals surface area (Å²) in [5.41, 5.74) is 3.22. The number of rotatable bonds is 7. The summed E-state index contributed by atoms with van der Waals surface area (Å²) in [5, 5.41) is 54.5. The van der Waals surface area contributed by atoms with Crippen molar-refractivity contribution in [2.24, 2.45) is 0 Å². The van der Waals surface area contributed by atoms with Gasteiger partial charge in [0, 0.05) is 12.6 Å². The molecule has 0 aromatic heterocycles. The van der Waals surface area contributed by atoms with Gasteiger partial charge in [0.15, 0.2) is 6.73 Å². The molecule has 7 N–H and O–H groups in total. The second-order valence-corrected chi connectivity index (χ2v) is 9.34. The number of phenols is 1. The number of thioether (sulfide) groups is 1. The van der Waals surface area contributed by atoms with Crippen molar-refractivity contribution in [3.05, 3.63) is 58.7 Å². The molecule has 0 saturated carbocycles. The van der Waals surface area contributed by atoms with Gasteiger partial charge in [0.2, 0.25) is 0 Å². The molecule has 0 aliphatic carbocycles. The number of benzene rings is 2. The second kappa shape index (κ2) is 11.1. The van der Waals surface area contributed by atoms with Gasteiger partial charge in [-0.2, -0.15) is 0 Å². The Kier molecular flexibility index (Phi) is 8.44. The van der Waals surface area contributed by atoms with Crippen LogP contribution in [-0.2, 0) is 6.42 Å². The van der Waals surface area contributed by atoms with Gasteiger partial charge in [-0.1, -0.05) is 18.2 Å². The molecule has 5 atom stereocenters. The third kappa shape index (κ3) is 5.90. The minimum Gasteiger partial charge on any atom is -0.508 e. The normalized spacial score (nSPS) is 24.8. The number of amides is 2. The van der Waals surface area contributed by atoms with Crippen molar-refractivity contribution in [1.29, 1.82) is 0 Å². The van der Waals surface area contributed by atoms with Crippen molar-refractivity contribution in [1.82, 2.24) is 10.6 Å². The quantitative estimate of drug-likeness (QED) is 0.289. The van der Waals surface area contributed by atoms with Crippen LogP contribution in [0.3, 0.4) is 0 Å². The molecular weight excluding hydrogens is 448 g/mol. The lowest BCUT2D eigenvalue weighted by molar-refractivity contribution is -0.0701. The van der Waals surface area contributed by atoms with E-state index in [-0.39, 0.29) is 25.1 Å². The molecule has 33 heavy (non-hydrogen) atoms. The Bertz CT molecular complexity index is 955. The number of carbonyl (C=O) groups excluding carboxylic acids is 1. The molecule has 3 rings (SSSR count). The molecular formula is C23H30N2O7S. The molecule has 0 spiro atoms. The van der Waals surface area contributed by atoms with E-state index in [4.69, 9.17) is 4.74 Å². The van der Waals surface area contributed by atoms with Crippen molar-refractivity contribution in [3.8, 4) is 11.5 Å². The maximum absolute atomic E-state index is 11.2. The number of aryl methyl sites for hydroxylation is 1. The fourth-order valence-electron chi connectivity index (χ4n) is 3.73. The monoisotopic (exact) mass is 478 g/mol. The lowest BCUT2D eigenvalue weighted by atomic mass is 9.92. The van der Waals surface area contributed by atoms with Crippen molar-refractivity contribution in [2.45, 2.75) is 42.2 Å². The van der Waals surface area contributed by atoms with Gasteiger partial charge in [-0.25, -0.2) is 4.79 Å². The first-order valence-electron chi connectivity index (χ1n) is 10.5. The van der Waals surface area contributed by atoms with Crippen LogP contribution in [0.2, 0.25) is 0 Å². The number of aliphatic hydroxyl groups excluding tert-OH is 4. The standard InChI is InChI=1S/C23H30N2O7S/c1-12-7-17(27)16(22-21(30)20(29)19(28)18(10-26)33-22)9-14(12)8-13-3-5-15(6-4-13)32-11-25-23(31)24-2/h3-7,9,18-22,26-30H,8,10-11H2,1-2H3,(H2,24,25,31)/t18-,19-,20+,21-,22+/m1/s1. The summed E-state index contributed by atoms with van der Waals surface area (Å²) in [4.78, 5) is 11.2. The van der Waals surface area contributed by atoms with Crippen LogP contribution in [-0.4, -0.2) is 75.5 Å². The van der Waals surface area contributed by atoms with Gasteiger partial charge in [-0.3, -0.25) is 0 Å². The summed E-state index contributed by atoms with van der Waals surface area (Å²) in [6.45, 7) is 1.55. The van der Waals surface area contributed by atoms with Gasteiger partial charge < -0.3 is 40.9 Å². The second-order valence-electron chi connectivity index (χ2n) is 7.95. The van der Waals surface area contributed by atoms with Crippen molar-refractivity contribution in [2.75, 3.05) is 20.4 Å². The Morgan fingerprint density at radius 3 is 2.42 bits per heavy atom. The summed E-state index contributed by atoms with van der Waals surface area (Å²) in [5.74, 6) is 0.586. The predicted molar refractivity (Wildman–Crippen MR) is 124 cm³/mol. The van der Waals surface area contributed by atoms with E-state index in [9.17, 15) is 30.3 Å². The maximum atomic E-state index is 11.2. The predicted octanol–water partition coefficient (Wildman–Crippen LogP) is 0.788. The molecule has 1 heterocycles. The molecule has 1 aliphatic heterocycles. The largest absolute Gasteiger partial charge is 0.508 e. The molecule has 2 amide bonds. The van der Waals surface area contributed by atoms with Crippen LogP contribution in [0.4, 0.5) is 4.79 Å². The summed E-state index contributed by atoms with van der Waals surface area (Å²) < 4.78 is 5.47. The number of carbonyl (C=O) groups is 1. The topological polar surface area (TPSA) is 152 Å². The van der Waals surface area contributed by atoms with Crippen LogP contribution >= 0.6 is 11.8 Å². The van der Waals surface area contributed by atoms with Crippen molar-refractivity contribution < 1.29 is 35.1 Å². The minimum atomic E-state index is -1.43. The number of phenolic OH excluding ortho intramolecular Hbond substituents is 1. The van der Waals surface area contributed by atoms with Crippen LogP contribution < -0.4 is 15.4 Å².